The van der Waals surface area contributed by atoms with E-state index in [9.17, 15) is 4.39 Å². The Morgan fingerprint density at radius 1 is 1.07 bits per heavy atom. The summed E-state index contributed by atoms with van der Waals surface area (Å²) in [6.07, 6.45) is 0. The van der Waals surface area contributed by atoms with Crippen molar-refractivity contribution >= 4 is 11.6 Å². The predicted octanol–water partition coefficient (Wildman–Crippen LogP) is 4.45. The average molecular weight is 221 g/mol. The molecular weight excluding hydrogens is 211 g/mol. The van der Waals surface area contributed by atoms with E-state index in [1.165, 1.54) is 12.1 Å². The molecule has 0 nitrogen and oxygen atoms in total. The summed E-state index contributed by atoms with van der Waals surface area (Å²) >= 11 is 5.86. The van der Waals surface area contributed by atoms with Gasteiger partial charge in [0.15, 0.2) is 0 Å². The number of rotatable bonds is 1. The molecule has 0 fully saturated rings. The van der Waals surface area contributed by atoms with Crippen LogP contribution in [0.1, 0.15) is 5.56 Å². The largest absolute Gasteiger partial charge is 0.207 e. The Kier molecular flexibility index (Phi) is 2.74. The number of halogens is 2. The van der Waals surface area contributed by atoms with E-state index in [1.807, 2.05) is 31.2 Å². The van der Waals surface area contributed by atoms with E-state index in [-0.39, 0.29) is 5.82 Å². The Labute approximate surface area is 93.3 Å². The van der Waals surface area contributed by atoms with Crippen molar-refractivity contribution < 1.29 is 4.39 Å². The molecule has 2 aromatic rings. The highest BCUT2D eigenvalue weighted by atomic mass is 35.5. The summed E-state index contributed by atoms with van der Waals surface area (Å²) in [6.45, 7) is 1.96. The first-order valence-electron chi connectivity index (χ1n) is 4.69. The van der Waals surface area contributed by atoms with Crippen LogP contribution in [0, 0.1) is 12.7 Å². The molecule has 15 heavy (non-hydrogen) atoms. The predicted molar refractivity (Wildman–Crippen MR) is 61.6 cm³/mol. The second kappa shape index (κ2) is 4.03. The molecule has 0 amide bonds. The maximum absolute atomic E-state index is 13.0. The minimum absolute atomic E-state index is 0.221. The van der Waals surface area contributed by atoms with Crippen LogP contribution in [0.15, 0.2) is 42.5 Å². The molecule has 0 heterocycles. The van der Waals surface area contributed by atoms with Gasteiger partial charge in [0.05, 0.1) is 0 Å². The lowest BCUT2D eigenvalue weighted by molar-refractivity contribution is 0.628. The van der Waals surface area contributed by atoms with Gasteiger partial charge in [-0.05, 0) is 47.9 Å². The zero-order chi connectivity index (χ0) is 10.8. The van der Waals surface area contributed by atoms with Crippen LogP contribution in [0.25, 0.3) is 11.1 Å². The molecule has 0 aromatic heterocycles. The molecule has 0 aliphatic heterocycles. The molecule has 0 spiro atoms. The Morgan fingerprint density at radius 2 is 1.87 bits per heavy atom. The Morgan fingerprint density at radius 3 is 2.53 bits per heavy atom. The molecule has 0 aliphatic rings. The standard InChI is InChI=1S/C13H10ClF/c1-9-7-11(14)5-6-13(9)10-3-2-4-12(15)8-10/h2-8H,1H3. The molecule has 0 saturated heterocycles. The van der Waals surface area contributed by atoms with Crippen LogP contribution in [0.3, 0.4) is 0 Å². The van der Waals surface area contributed by atoms with Gasteiger partial charge in [-0.15, -0.1) is 0 Å². The highest BCUT2D eigenvalue weighted by molar-refractivity contribution is 6.30. The third kappa shape index (κ3) is 2.18. The Balaban J connectivity index is 2.54. The zero-order valence-corrected chi connectivity index (χ0v) is 9.05. The normalized spacial score (nSPS) is 10.3. The third-order valence-electron chi connectivity index (χ3n) is 2.32. The third-order valence-corrected chi connectivity index (χ3v) is 2.56. The van der Waals surface area contributed by atoms with Gasteiger partial charge in [-0.1, -0.05) is 29.8 Å². The SMILES string of the molecule is Cc1cc(Cl)ccc1-c1cccc(F)c1. The molecule has 0 aliphatic carbocycles. The van der Waals surface area contributed by atoms with Gasteiger partial charge in [0.2, 0.25) is 0 Å². The quantitative estimate of drug-likeness (QED) is 0.666. The van der Waals surface area contributed by atoms with Gasteiger partial charge in [0.1, 0.15) is 5.82 Å². The monoisotopic (exact) mass is 220 g/mol. The van der Waals surface area contributed by atoms with Gasteiger partial charge in [0.25, 0.3) is 0 Å². The molecule has 0 bridgehead atoms. The van der Waals surface area contributed by atoms with Crippen molar-refractivity contribution in [1.82, 2.24) is 0 Å². The van der Waals surface area contributed by atoms with Crippen LogP contribution in [0.5, 0.6) is 0 Å². The van der Waals surface area contributed by atoms with Crippen molar-refractivity contribution in [3.8, 4) is 11.1 Å². The number of aryl methyl sites for hydroxylation is 1. The number of hydrogen-bond acceptors (Lipinski definition) is 0. The van der Waals surface area contributed by atoms with E-state index in [0.29, 0.717) is 5.02 Å². The fourth-order valence-corrected chi connectivity index (χ4v) is 1.83. The van der Waals surface area contributed by atoms with Crippen molar-refractivity contribution in [3.05, 3.63) is 58.9 Å². The van der Waals surface area contributed by atoms with E-state index in [4.69, 9.17) is 11.6 Å². The van der Waals surface area contributed by atoms with Gasteiger partial charge < -0.3 is 0 Å². The first-order valence-corrected chi connectivity index (χ1v) is 5.07. The number of hydrogen-bond donors (Lipinski definition) is 0. The van der Waals surface area contributed by atoms with Crippen molar-refractivity contribution in [2.24, 2.45) is 0 Å². The summed E-state index contributed by atoms with van der Waals surface area (Å²) in [4.78, 5) is 0. The van der Waals surface area contributed by atoms with Crippen LogP contribution >= 0.6 is 11.6 Å². The fourth-order valence-electron chi connectivity index (χ4n) is 1.61. The van der Waals surface area contributed by atoms with Crippen LogP contribution in [0.4, 0.5) is 4.39 Å². The van der Waals surface area contributed by atoms with Gasteiger partial charge in [0, 0.05) is 5.02 Å². The van der Waals surface area contributed by atoms with Crippen LogP contribution in [-0.2, 0) is 0 Å². The molecule has 2 heteroatoms. The Bertz CT molecular complexity index is 492. The van der Waals surface area contributed by atoms with Crippen molar-refractivity contribution in [2.45, 2.75) is 6.92 Å². The van der Waals surface area contributed by atoms with Crippen molar-refractivity contribution in [1.29, 1.82) is 0 Å². The van der Waals surface area contributed by atoms with Crippen LogP contribution < -0.4 is 0 Å². The van der Waals surface area contributed by atoms with Crippen LogP contribution in [-0.4, -0.2) is 0 Å². The van der Waals surface area contributed by atoms with E-state index in [1.54, 1.807) is 6.07 Å². The minimum atomic E-state index is -0.221. The highest BCUT2D eigenvalue weighted by Crippen LogP contribution is 2.26. The molecule has 0 unspecified atom stereocenters. The number of benzene rings is 2. The van der Waals surface area contributed by atoms with E-state index in [2.05, 4.69) is 0 Å². The molecular formula is C13H10ClF. The lowest BCUT2D eigenvalue weighted by atomic mass is 10.0. The maximum atomic E-state index is 13.0. The molecule has 2 aromatic carbocycles. The summed E-state index contributed by atoms with van der Waals surface area (Å²) in [7, 11) is 0. The summed E-state index contributed by atoms with van der Waals surface area (Å²) in [5.74, 6) is -0.221. The van der Waals surface area contributed by atoms with Gasteiger partial charge >= 0.3 is 0 Å². The summed E-state index contributed by atoms with van der Waals surface area (Å²) in [5.41, 5.74) is 2.94. The summed E-state index contributed by atoms with van der Waals surface area (Å²) in [6, 6.07) is 12.2. The first kappa shape index (κ1) is 10.2. The van der Waals surface area contributed by atoms with E-state index < -0.39 is 0 Å². The van der Waals surface area contributed by atoms with E-state index in [0.717, 1.165) is 16.7 Å². The maximum Gasteiger partial charge on any atom is 0.123 e. The van der Waals surface area contributed by atoms with Gasteiger partial charge in [-0.3, -0.25) is 0 Å². The van der Waals surface area contributed by atoms with Gasteiger partial charge in [-0.2, -0.15) is 0 Å². The van der Waals surface area contributed by atoms with E-state index >= 15 is 0 Å². The minimum Gasteiger partial charge on any atom is -0.207 e. The van der Waals surface area contributed by atoms with Gasteiger partial charge in [-0.25, -0.2) is 4.39 Å². The van der Waals surface area contributed by atoms with Crippen molar-refractivity contribution in [2.75, 3.05) is 0 Å². The fraction of sp³-hybridized carbons (Fsp3) is 0.0769. The average Bonchev–Trinajstić information content (AvgIpc) is 2.17. The topological polar surface area (TPSA) is 0 Å². The zero-order valence-electron chi connectivity index (χ0n) is 8.30. The summed E-state index contributed by atoms with van der Waals surface area (Å²) in [5, 5.41) is 0.702. The van der Waals surface area contributed by atoms with Crippen molar-refractivity contribution in [3.63, 3.8) is 0 Å². The molecule has 0 atom stereocenters. The lowest BCUT2D eigenvalue weighted by Gasteiger charge is -2.06. The second-order valence-corrected chi connectivity index (χ2v) is 3.91. The molecule has 0 N–H and O–H groups in total. The smallest absolute Gasteiger partial charge is 0.123 e. The first-order chi connectivity index (χ1) is 7.16. The lowest BCUT2D eigenvalue weighted by Crippen LogP contribution is -1.84. The second-order valence-electron chi connectivity index (χ2n) is 3.47. The molecule has 76 valence electrons. The molecule has 2 rings (SSSR count). The molecule has 0 saturated carbocycles. The Hall–Kier alpha value is -1.34. The summed E-state index contributed by atoms with van der Waals surface area (Å²) < 4.78 is 13.0. The van der Waals surface area contributed by atoms with Crippen LogP contribution in [0.2, 0.25) is 5.02 Å². The molecule has 0 radical (unpaired) electrons. The highest BCUT2D eigenvalue weighted by Gasteiger charge is 2.02.